The van der Waals surface area contributed by atoms with Gasteiger partial charge in [0.2, 0.25) is 0 Å². The van der Waals surface area contributed by atoms with Gasteiger partial charge in [0.1, 0.15) is 5.82 Å². The largest absolute Gasteiger partial charge is 0.385 e. The van der Waals surface area contributed by atoms with E-state index in [1.165, 1.54) is 5.69 Å². The van der Waals surface area contributed by atoms with E-state index in [9.17, 15) is 0 Å². The number of ether oxygens (including phenoxy) is 1. The van der Waals surface area contributed by atoms with E-state index in [-0.39, 0.29) is 0 Å². The van der Waals surface area contributed by atoms with Crippen molar-refractivity contribution in [2.24, 2.45) is 0 Å². The molecule has 3 nitrogen and oxygen atoms in total. The summed E-state index contributed by atoms with van der Waals surface area (Å²) in [6.45, 7) is 2.39. The number of nitrogen functional groups attached to an aromatic ring is 1. The maximum atomic E-state index is 5.67. The Morgan fingerprint density at radius 1 is 1.50 bits per heavy atom. The Morgan fingerprint density at radius 3 is 3.20 bits per heavy atom. The minimum Gasteiger partial charge on any atom is -0.385 e. The summed E-state index contributed by atoms with van der Waals surface area (Å²) in [6.07, 6.45) is 0. The molecular weight excluding hydrogens is 128 g/mol. The minimum atomic E-state index is 0.706. The average molecular weight is 138 g/mol. The van der Waals surface area contributed by atoms with E-state index in [2.05, 4.69) is 4.57 Å². The van der Waals surface area contributed by atoms with Gasteiger partial charge in [-0.1, -0.05) is 0 Å². The molecule has 2 heterocycles. The molecular formula is C7H10N2O. The van der Waals surface area contributed by atoms with Crippen LogP contribution in [0.15, 0.2) is 12.1 Å². The molecule has 0 fully saturated rings. The van der Waals surface area contributed by atoms with Crippen LogP contribution in [0.2, 0.25) is 0 Å². The zero-order valence-electron chi connectivity index (χ0n) is 5.71. The summed E-state index contributed by atoms with van der Waals surface area (Å²) < 4.78 is 7.32. The van der Waals surface area contributed by atoms with Crippen LogP contribution in [0.1, 0.15) is 5.69 Å². The average Bonchev–Trinajstić information content (AvgIpc) is 2.34. The quantitative estimate of drug-likeness (QED) is 0.570. The zero-order chi connectivity index (χ0) is 6.97. The molecule has 0 spiro atoms. The molecule has 0 aliphatic carbocycles. The summed E-state index contributed by atoms with van der Waals surface area (Å²) in [4.78, 5) is 0. The Kier molecular flexibility index (Phi) is 1.17. The maximum absolute atomic E-state index is 5.67. The monoisotopic (exact) mass is 138 g/mol. The SMILES string of the molecule is Nc1ccc2n1CCOC2. The van der Waals surface area contributed by atoms with Crippen molar-refractivity contribution in [3.63, 3.8) is 0 Å². The summed E-state index contributed by atoms with van der Waals surface area (Å²) in [5.74, 6) is 0.846. The van der Waals surface area contributed by atoms with E-state index >= 15 is 0 Å². The van der Waals surface area contributed by atoms with Crippen molar-refractivity contribution in [1.29, 1.82) is 0 Å². The summed E-state index contributed by atoms with van der Waals surface area (Å²) in [5.41, 5.74) is 6.85. The number of hydrogen-bond donors (Lipinski definition) is 1. The fourth-order valence-corrected chi connectivity index (χ4v) is 1.26. The van der Waals surface area contributed by atoms with Gasteiger partial charge in [0.05, 0.1) is 13.2 Å². The predicted molar refractivity (Wildman–Crippen MR) is 38.5 cm³/mol. The van der Waals surface area contributed by atoms with Crippen LogP contribution in [0.25, 0.3) is 0 Å². The van der Waals surface area contributed by atoms with E-state index in [0.29, 0.717) is 6.61 Å². The Bertz CT molecular complexity index is 242. The molecule has 2 rings (SSSR count). The summed E-state index contributed by atoms with van der Waals surface area (Å²) in [6, 6.07) is 3.93. The standard InChI is InChI=1S/C7H10N2O/c8-7-2-1-6-5-10-4-3-9(6)7/h1-2H,3-5,8H2. The van der Waals surface area contributed by atoms with Gasteiger partial charge in [-0.3, -0.25) is 0 Å². The fourth-order valence-electron chi connectivity index (χ4n) is 1.26. The van der Waals surface area contributed by atoms with Gasteiger partial charge in [0.25, 0.3) is 0 Å². The molecule has 0 saturated carbocycles. The van der Waals surface area contributed by atoms with Crippen LogP contribution in [0, 0.1) is 0 Å². The normalized spacial score (nSPS) is 16.8. The minimum absolute atomic E-state index is 0.706. The van der Waals surface area contributed by atoms with Crippen molar-refractivity contribution in [2.75, 3.05) is 12.3 Å². The number of anilines is 1. The van der Waals surface area contributed by atoms with Crippen molar-refractivity contribution in [2.45, 2.75) is 13.2 Å². The molecule has 54 valence electrons. The molecule has 0 bridgehead atoms. The highest BCUT2D eigenvalue weighted by Gasteiger charge is 2.09. The second-order valence-corrected chi connectivity index (χ2v) is 2.45. The third kappa shape index (κ3) is 0.708. The van der Waals surface area contributed by atoms with Crippen molar-refractivity contribution >= 4 is 5.82 Å². The van der Waals surface area contributed by atoms with E-state index in [1.54, 1.807) is 0 Å². The molecule has 0 unspecified atom stereocenters. The molecule has 0 saturated heterocycles. The highest BCUT2D eigenvalue weighted by Crippen LogP contribution is 2.15. The van der Waals surface area contributed by atoms with Gasteiger partial charge in [-0.2, -0.15) is 0 Å². The molecule has 0 radical (unpaired) electrons. The van der Waals surface area contributed by atoms with Crippen LogP contribution in [-0.4, -0.2) is 11.2 Å². The van der Waals surface area contributed by atoms with Crippen molar-refractivity contribution in [1.82, 2.24) is 4.57 Å². The number of hydrogen-bond acceptors (Lipinski definition) is 2. The smallest absolute Gasteiger partial charge is 0.103 e. The van der Waals surface area contributed by atoms with Gasteiger partial charge in [-0.05, 0) is 12.1 Å². The lowest BCUT2D eigenvalue weighted by Gasteiger charge is -2.16. The van der Waals surface area contributed by atoms with Crippen LogP contribution < -0.4 is 5.73 Å². The molecule has 0 atom stereocenters. The van der Waals surface area contributed by atoms with Gasteiger partial charge in [0.15, 0.2) is 0 Å². The molecule has 0 amide bonds. The fraction of sp³-hybridized carbons (Fsp3) is 0.429. The molecule has 1 aromatic heterocycles. The van der Waals surface area contributed by atoms with Gasteiger partial charge in [-0.25, -0.2) is 0 Å². The van der Waals surface area contributed by atoms with Crippen LogP contribution in [0.4, 0.5) is 5.82 Å². The molecule has 3 heteroatoms. The predicted octanol–water partition coefficient (Wildman–Crippen LogP) is 0.601. The Hall–Kier alpha value is -0.960. The lowest BCUT2D eigenvalue weighted by molar-refractivity contribution is 0.0858. The van der Waals surface area contributed by atoms with Crippen molar-refractivity contribution in [3.05, 3.63) is 17.8 Å². The summed E-state index contributed by atoms with van der Waals surface area (Å²) in [5, 5.41) is 0. The zero-order valence-corrected chi connectivity index (χ0v) is 5.71. The first-order valence-corrected chi connectivity index (χ1v) is 3.39. The third-order valence-corrected chi connectivity index (χ3v) is 1.81. The van der Waals surface area contributed by atoms with E-state index in [1.807, 2.05) is 12.1 Å². The highest BCUT2D eigenvalue weighted by atomic mass is 16.5. The molecule has 1 aliphatic heterocycles. The van der Waals surface area contributed by atoms with Crippen molar-refractivity contribution in [3.8, 4) is 0 Å². The van der Waals surface area contributed by atoms with E-state index in [0.717, 1.165) is 19.0 Å². The van der Waals surface area contributed by atoms with Crippen LogP contribution in [0.5, 0.6) is 0 Å². The first-order chi connectivity index (χ1) is 4.88. The molecule has 2 N–H and O–H groups in total. The molecule has 10 heavy (non-hydrogen) atoms. The lowest BCUT2D eigenvalue weighted by Crippen LogP contribution is -2.17. The topological polar surface area (TPSA) is 40.2 Å². The van der Waals surface area contributed by atoms with Gasteiger partial charge in [0, 0.05) is 12.2 Å². The third-order valence-electron chi connectivity index (χ3n) is 1.81. The Labute approximate surface area is 59.4 Å². The number of rotatable bonds is 0. The van der Waals surface area contributed by atoms with Gasteiger partial charge in [-0.15, -0.1) is 0 Å². The maximum Gasteiger partial charge on any atom is 0.103 e. The summed E-state index contributed by atoms with van der Waals surface area (Å²) in [7, 11) is 0. The number of fused-ring (bicyclic) bond motifs is 1. The first kappa shape index (κ1) is 5.80. The second-order valence-electron chi connectivity index (χ2n) is 2.45. The van der Waals surface area contributed by atoms with Gasteiger partial charge >= 0.3 is 0 Å². The summed E-state index contributed by atoms with van der Waals surface area (Å²) >= 11 is 0. The lowest BCUT2D eigenvalue weighted by atomic mass is 10.4. The Morgan fingerprint density at radius 2 is 2.40 bits per heavy atom. The van der Waals surface area contributed by atoms with Crippen LogP contribution >= 0.6 is 0 Å². The second kappa shape index (κ2) is 2.02. The molecule has 1 aliphatic rings. The van der Waals surface area contributed by atoms with Crippen LogP contribution in [0.3, 0.4) is 0 Å². The van der Waals surface area contributed by atoms with E-state index in [4.69, 9.17) is 10.5 Å². The molecule has 0 aromatic carbocycles. The molecule has 1 aromatic rings. The van der Waals surface area contributed by atoms with E-state index < -0.39 is 0 Å². The first-order valence-electron chi connectivity index (χ1n) is 3.39. The van der Waals surface area contributed by atoms with Gasteiger partial charge < -0.3 is 15.0 Å². The van der Waals surface area contributed by atoms with Crippen molar-refractivity contribution < 1.29 is 4.74 Å². The number of nitrogens with zero attached hydrogens (tertiary/aromatic N) is 1. The highest BCUT2D eigenvalue weighted by molar-refractivity contribution is 5.34. The number of nitrogens with two attached hydrogens (primary N) is 1. The van der Waals surface area contributed by atoms with Crippen LogP contribution in [-0.2, 0) is 17.9 Å². The Balaban J connectivity index is 2.45. The number of aromatic nitrogens is 1.